The number of benzene rings is 3. The number of ether oxygens (including phenoxy) is 1. The Morgan fingerprint density at radius 2 is 1.62 bits per heavy atom. The van der Waals surface area contributed by atoms with Gasteiger partial charge in [0, 0.05) is 18.1 Å². The topological polar surface area (TPSA) is 75.7 Å². The van der Waals surface area contributed by atoms with Crippen molar-refractivity contribution in [3.63, 3.8) is 0 Å². The van der Waals surface area contributed by atoms with Gasteiger partial charge in [-0.2, -0.15) is 4.31 Å². The van der Waals surface area contributed by atoms with Gasteiger partial charge in [-0.1, -0.05) is 60.1 Å². The summed E-state index contributed by atoms with van der Waals surface area (Å²) in [5, 5.41) is 3.30. The number of hydrogen-bond acceptors (Lipinski definition) is 4. The molecule has 0 atom stereocenters. The minimum absolute atomic E-state index is 0.102. The van der Waals surface area contributed by atoms with E-state index in [1.54, 1.807) is 24.3 Å². The summed E-state index contributed by atoms with van der Waals surface area (Å²) in [7, 11) is -2.38. The molecule has 8 heteroatoms. The fraction of sp³-hybridized carbons (Fsp3) is 0.208. The molecule has 0 saturated heterocycles. The molecule has 3 aromatic carbocycles. The highest BCUT2D eigenvalue weighted by Gasteiger charge is 2.26. The van der Waals surface area contributed by atoms with Gasteiger partial charge in [0.1, 0.15) is 5.75 Å². The van der Waals surface area contributed by atoms with Crippen LogP contribution in [0.1, 0.15) is 11.1 Å². The number of methoxy groups -OCH3 is 1. The number of carbonyl (C=O) groups excluding carboxylic acids is 1. The van der Waals surface area contributed by atoms with Crippen LogP contribution in [0.15, 0.2) is 83.8 Å². The molecular weight excluding hydrogens is 448 g/mol. The second kappa shape index (κ2) is 11.1. The van der Waals surface area contributed by atoms with Crippen molar-refractivity contribution in [3.8, 4) is 5.75 Å². The van der Waals surface area contributed by atoms with E-state index < -0.39 is 15.9 Å². The molecule has 0 aromatic heterocycles. The van der Waals surface area contributed by atoms with Crippen molar-refractivity contribution in [2.45, 2.75) is 17.9 Å². The van der Waals surface area contributed by atoms with Gasteiger partial charge in [-0.25, -0.2) is 8.42 Å². The van der Waals surface area contributed by atoms with E-state index in [-0.39, 0.29) is 24.5 Å². The van der Waals surface area contributed by atoms with Gasteiger partial charge in [0.2, 0.25) is 15.9 Å². The molecule has 0 bridgehead atoms. The van der Waals surface area contributed by atoms with Crippen molar-refractivity contribution in [2.24, 2.45) is 0 Å². The van der Waals surface area contributed by atoms with Crippen molar-refractivity contribution in [1.82, 2.24) is 9.62 Å². The molecule has 0 aliphatic heterocycles. The number of nitrogens with zero attached hydrogens (tertiary/aromatic N) is 1. The molecule has 3 aromatic rings. The average Bonchev–Trinajstić information content (AvgIpc) is 2.81. The van der Waals surface area contributed by atoms with Crippen LogP contribution in [-0.4, -0.2) is 38.8 Å². The van der Waals surface area contributed by atoms with Gasteiger partial charge in [0.05, 0.1) is 18.6 Å². The smallest absolute Gasteiger partial charge is 0.243 e. The first-order valence-corrected chi connectivity index (χ1v) is 11.9. The first kappa shape index (κ1) is 23.8. The van der Waals surface area contributed by atoms with Crippen molar-refractivity contribution in [3.05, 3.63) is 95.0 Å². The maximum atomic E-state index is 13.3. The SMILES string of the molecule is COc1ccc(S(=O)(=O)N(CCc2ccccc2)CC(=O)NCc2ccccc2Cl)cc1. The monoisotopic (exact) mass is 472 g/mol. The zero-order chi connectivity index (χ0) is 23.0. The molecule has 32 heavy (non-hydrogen) atoms. The Kier molecular flexibility index (Phi) is 8.27. The van der Waals surface area contributed by atoms with Crippen molar-refractivity contribution in [2.75, 3.05) is 20.2 Å². The quantitative estimate of drug-likeness (QED) is 0.485. The van der Waals surface area contributed by atoms with Crippen LogP contribution in [0.3, 0.4) is 0 Å². The zero-order valence-corrected chi connectivity index (χ0v) is 19.3. The summed E-state index contributed by atoms with van der Waals surface area (Å²) in [6, 6.07) is 22.8. The third-order valence-corrected chi connectivity index (χ3v) is 7.17. The Morgan fingerprint density at radius 3 is 2.28 bits per heavy atom. The van der Waals surface area contributed by atoms with Crippen LogP contribution in [0.4, 0.5) is 0 Å². The van der Waals surface area contributed by atoms with Crippen molar-refractivity contribution in [1.29, 1.82) is 0 Å². The van der Waals surface area contributed by atoms with Gasteiger partial charge in [-0.3, -0.25) is 4.79 Å². The van der Waals surface area contributed by atoms with E-state index in [0.29, 0.717) is 17.2 Å². The van der Waals surface area contributed by atoms with E-state index >= 15 is 0 Å². The summed E-state index contributed by atoms with van der Waals surface area (Å²) in [5.41, 5.74) is 1.75. The van der Waals surface area contributed by atoms with Gasteiger partial charge in [0.25, 0.3) is 0 Å². The van der Waals surface area contributed by atoms with Crippen LogP contribution in [-0.2, 0) is 27.8 Å². The molecule has 0 saturated carbocycles. The van der Waals surface area contributed by atoms with E-state index in [9.17, 15) is 13.2 Å². The summed E-state index contributed by atoms with van der Waals surface area (Å²) in [6.07, 6.45) is 0.480. The molecule has 6 nitrogen and oxygen atoms in total. The maximum Gasteiger partial charge on any atom is 0.243 e. The van der Waals surface area contributed by atoms with E-state index in [1.165, 1.54) is 23.5 Å². The third kappa shape index (κ3) is 6.32. The third-order valence-electron chi connectivity index (χ3n) is 4.94. The minimum atomic E-state index is -3.89. The Balaban J connectivity index is 1.76. The van der Waals surface area contributed by atoms with Gasteiger partial charge >= 0.3 is 0 Å². The molecular formula is C24H25ClN2O4S. The van der Waals surface area contributed by atoms with E-state index in [1.807, 2.05) is 42.5 Å². The number of hydrogen-bond donors (Lipinski definition) is 1. The number of rotatable bonds is 10. The lowest BCUT2D eigenvalue weighted by atomic mass is 10.1. The highest BCUT2D eigenvalue weighted by molar-refractivity contribution is 7.89. The molecule has 0 aliphatic carbocycles. The van der Waals surface area contributed by atoms with Crippen molar-refractivity contribution < 1.29 is 17.9 Å². The van der Waals surface area contributed by atoms with Gasteiger partial charge < -0.3 is 10.1 Å². The first-order valence-electron chi connectivity index (χ1n) is 10.1. The van der Waals surface area contributed by atoms with Crippen LogP contribution in [0.25, 0.3) is 0 Å². The highest BCUT2D eigenvalue weighted by atomic mass is 35.5. The van der Waals surface area contributed by atoms with Crippen LogP contribution in [0, 0.1) is 0 Å². The van der Waals surface area contributed by atoms with E-state index in [0.717, 1.165) is 11.1 Å². The fourth-order valence-electron chi connectivity index (χ4n) is 3.13. The first-order chi connectivity index (χ1) is 15.4. The van der Waals surface area contributed by atoms with Gasteiger partial charge in [0.15, 0.2) is 0 Å². The second-order valence-corrected chi connectivity index (χ2v) is 9.46. The second-order valence-electron chi connectivity index (χ2n) is 7.12. The predicted molar refractivity (Wildman–Crippen MR) is 125 cm³/mol. The number of carbonyl (C=O) groups is 1. The predicted octanol–water partition coefficient (Wildman–Crippen LogP) is 3.90. The molecule has 0 spiro atoms. The largest absolute Gasteiger partial charge is 0.497 e. The number of sulfonamides is 1. The minimum Gasteiger partial charge on any atom is -0.497 e. The molecule has 1 N–H and O–H groups in total. The van der Waals surface area contributed by atoms with Crippen LogP contribution in [0.2, 0.25) is 5.02 Å². The molecule has 0 unspecified atom stereocenters. The lowest BCUT2D eigenvalue weighted by molar-refractivity contribution is -0.121. The molecule has 0 aliphatic rings. The summed E-state index contributed by atoms with van der Waals surface area (Å²) in [5.74, 6) is 0.146. The summed E-state index contributed by atoms with van der Waals surface area (Å²) < 4.78 is 32.9. The molecule has 1 amide bonds. The van der Waals surface area contributed by atoms with Crippen LogP contribution >= 0.6 is 11.6 Å². The molecule has 0 radical (unpaired) electrons. The van der Waals surface area contributed by atoms with Crippen LogP contribution in [0.5, 0.6) is 5.75 Å². The van der Waals surface area contributed by atoms with E-state index in [2.05, 4.69) is 5.32 Å². The summed E-state index contributed by atoms with van der Waals surface area (Å²) >= 11 is 6.14. The standard InChI is InChI=1S/C24H25ClN2O4S/c1-31-21-11-13-22(14-12-21)32(29,30)27(16-15-19-7-3-2-4-8-19)18-24(28)26-17-20-9-5-6-10-23(20)25/h2-14H,15-18H2,1H3,(H,26,28). The maximum absolute atomic E-state index is 13.3. The molecule has 0 fully saturated rings. The van der Waals surface area contributed by atoms with Crippen molar-refractivity contribution >= 4 is 27.5 Å². The fourth-order valence-corrected chi connectivity index (χ4v) is 4.73. The Morgan fingerprint density at radius 1 is 0.969 bits per heavy atom. The zero-order valence-electron chi connectivity index (χ0n) is 17.7. The number of nitrogens with one attached hydrogen (secondary N) is 1. The Hall–Kier alpha value is -2.87. The van der Waals surface area contributed by atoms with Crippen LogP contribution < -0.4 is 10.1 Å². The lowest BCUT2D eigenvalue weighted by Gasteiger charge is -2.22. The molecule has 3 rings (SSSR count). The Labute approximate surface area is 193 Å². The van der Waals surface area contributed by atoms with E-state index in [4.69, 9.17) is 16.3 Å². The Bertz CT molecular complexity index is 1140. The van der Waals surface area contributed by atoms with Gasteiger partial charge in [-0.05, 0) is 47.9 Å². The highest BCUT2D eigenvalue weighted by Crippen LogP contribution is 2.20. The summed E-state index contributed by atoms with van der Waals surface area (Å²) in [4.78, 5) is 12.7. The normalized spacial score (nSPS) is 11.3. The summed E-state index contributed by atoms with van der Waals surface area (Å²) in [6.45, 7) is 0.0805. The number of halogens is 1. The number of amides is 1. The lowest BCUT2D eigenvalue weighted by Crippen LogP contribution is -2.41. The van der Waals surface area contributed by atoms with Gasteiger partial charge in [-0.15, -0.1) is 0 Å². The average molecular weight is 473 g/mol. The molecule has 168 valence electrons. The molecule has 0 heterocycles.